The van der Waals surface area contributed by atoms with E-state index >= 15 is 0 Å². The smallest absolute Gasteiger partial charge is 0.258 e. The summed E-state index contributed by atoms with van der Waals surface area (Å²) in [5.74, 6) is -0.232. The van der Waals surface area contributed by atoms with Crippen molar-refractivity contribution in [3.05, 3.63) is 40.3 Å². The van der Waals surface area contributed by atoms with Gasteiger partial charge in [0.15, 0.2) is 5.65 Å². The molecule has 0 aromatic carbocycles. The lowest BCUT2D eigenvalue weighted by Crippen LogP contribution is -2.13. The van der Waals surface area contributed by atoms with Crippen LogP contribution in [0, 0.1) is 0 Å². The quantitative estimate of drug-likeness (QED) is 0.565. The Labute approximate surface area is 157 Å². The van der Waals surface area contributed by atoms with Crippen LogP contribution in [-0.2, 0) is 13.0 Å². The second kappa shape index (κ2) is 6.93. The standard InChI is InChI=1S/C17H16N6OS2/c1-3-14-21-22-17(26-14)20-16(24)10-8-12(13-6-5-7-25-13)19-15-11(10)9-18-23(15)4-2/h5-9H,3-4H2,1-2H3,(H,20,22,24). The summed E-state index contributed by atoms with van der Waals surface area (Å²) < 4.78 is 1.79. The Morgan fingerprint density at radius 1 is 1.31 bits per heavy atom. The Balaban J connectivity index is 1.79. The van der Waals surface area contributed by atoms with Crippen LogP contribution in [0.25, 0.3) is 21.6 Å². The molecule has 1 N–H and O–H groups in total. The second-order valence-corrected chi connectivity index (χ2v) is 7.55. The van der Waals surface area contributed by atoms with Crippen molar-refractivity contribution in [1.29, 1.82) is 0 Å². The summed E-state index contributed by atoms with van der Waals surface area (Å²) in [5, 5.41) is 19.4. The number of carbonyl (C=O) groups is 1. The van der Waals surface area contributed by atoms with Crippen LogP contribution in [0.1, 0.15) is 29.2 Å². The van der Waals surface area contributed by atoms with Crippen LogP contribution in [0.15, 0.2) is 29.8 Å². The third-order valence-corrected chi connectivity index (χ3v) is 5.79. The van der Waals surface area contributed by atoms with Crippen molar-refractivity contribution in [3.63, 3.8) is 0 Å². The van der Waals surface area contributed by atoms with E-state index in [4.69, 9.17) is 4.98 Å². The number of carbonyl (C=O) groups excluding carboxylic acids is 1. The molecule has 26 heavy (non-hydrogen) atoms. The van der Waals surface area contributed by atoms with Crippen LogP contribution in [0.4, 0.5) is 5.13 Å². The number of aryl methyl sites for hydroxylation is 2. The SMILES string of the molecule is CCc1nnc(NC(=O)c2cc(-c3cccs3)nc3c2cnn3CC)s1. The van der Waals surface area contributed by atoms with Crippen LogP contribution < -0.4 is 5.32 Å². The van der Waals surface area contributed by atoms with E-state index in [9.17, 15) is 4.79 Å². The number of hydrogen-bond acceptors (Lipinski definition) is 7. The number of anilines is 1. The van der Waals surface area contributed by atoms with Gasteiger partial charge in [-0.1, -0.05) is 24.3 Å². The predicted octanol–water partition coefficient (Wildman–Crippen LogP) is 3.85. The highest BCUT2D eigenvalue weighted by Crippen LogP contribution is 2.28. The molecule has 0 saturated heterocycles. The number of amides is 1. The number of hydrogen-bond donors (Lipinski definition) is 1. The van der Waals surface area contributed by atoms with Gasteiger partial charge in [0.2, 0.25) is 5.13 Å². The number of aromatic nitrogens is 5. The minimum atomic E-state index is -0.232. The van der Waals surface area contributed by atoms with E-state index in [1.165, 1.54) is 11.3 Å². The van der Waals surface area contributed by atoms with E-state index in [1.54, 1.807) is 22.2 Å². The van der Waals surface area contributed by atoms with Gasteiger partial charge in [0, 0.05) is 6.54 Å². The summed E-state index contributed by atoms with van der Waals surface area (Å²) in [7, 11) is 0. The molecule has 0 aliphatic carbocycles. The number of rotatable bonds is 5. The molecule has 7 nitrogen and oxygen atoms in total. The number of thiophene rings is 1. The van der Waals surface area contributed by atoms with Crippen LogP contribution in [0.3, 0.4) is 0 Å². The van der Waals surface area contributed by atoms with Crippen LogP contribution in [0.5, 0.6) is 0 Å². The van der Waals surface area contributed by atoms with Gasteiger partial charge in [0.05, 0.1) is 27.7 Å². The fraction of sp³-hybridized carbons (Fsp3) is 0.235. The molecule has 4 aromatic rings. The molecule has 4 heterocycles. The zero-order valence-electron chi connectivity index (χ0n) is 14.3. The summed E-state index contributed by atoms with van der Waals surface area (Å²) in [6.07, 6.45) is 2.48. The van der Waals surface area contributed by atoms with Crippen molar-refractivity contribution < 1.29 is 4.79 Å². The van der Waals surface area contributed by atoms with Crippen molar-refractivity contribution in [3.8, 4) is 10.6 Å². The first-order chi connectivity index (χ1) is 12.7. The highest BCUT2D eigenvalue weighted by Gasteiger charge is 2.18. The zero-order chi connectivity index (χ0) is 18.1. The number of pyridine rings is 1. The maximum Gasteiger partial charge on any atom is 0.258 e. The number of nitrogens with one attached hydrogen (secondary N) is 1. The molecule has 1 amide bonds. The highest BCUT2D eigenvalue weighted by atomic mass is 32.1. The van der Waals surface area contributed by atoms with E-state index in [0.717, 1.165) is 27.4 Å². The maximum absolute atomic E-state index is 12.9. The van der Waals surface area contributed by atoms with Crippen molar-refractivity contribution in [2.24, 2.45) is 0 Å². The van der Waals surface area contributed by atoms with Crippen molar-refractivity contribution in [2.45, 2.75) is 26.8 Å². The Morgan fingerprint density at radius 3 is 2.88 bits per heavy atom. The summed E-state index contributed by atoms with van der Waals surface area (Å²) in [6, 6.07) is 5.77. The molecule has 4 aromatic heterocycles. The monoisotopic (exact) mass is 384 g/mol. The summed E-state index contributed by atoms with van der Waals surface area (Å²) in [4.78, 5) is 18.6. The average Bonchev–Trinajstić information content (AvgIpc) is 3.40. The molecule has 0 fully saturated rings. The fourth-order valence-electron chi connectivity index (χ4n) is 2.63. The molecule has 132 valence electrons. The van der Waals surface area contributed by atoms with Crippen LogP contribution in [0.2, 0.25) is 0 Å². The maximum atomic E-state index is 12.9. The highest BCUT2D eigenvalue weighted by molar-refractivity contribution is 7.15. The van der Waals surface area contributed by atoms with Gasteiger partial charge in [-0.15, -0.1) is 21.5 Å². The molecule has 0 atom stereocenters. The molecule has 0 radical (unpaired) electrons. The lowest BCUT2D eigenvalue weighted by molar-refractivity contribution is 0.102. The zero-order valence-corrected chi connectivity index (χ0v) is 15.9. The molecule has 0 unspecified atom stereocenters. The first kappa shape index (κ1) is 16.8. The lowest BCUT2D eigenvalue weighted by Gasteiger charge is -2.07. The first-order valence-electron chi connectivity index (χ1n) is 8.23. The summed E-state index contributed by atoms with van der Waals surface area (Å²) in [6.45, 7) is 4.69. The molecule has 0 bridgehead atoms. The van der Waals surface area contributed by atoms with Gasteiger partial charge in [-0.3, -0.25) is 10.1 Å². The van der Waals surface area contributed by atoms with Gasteiger partial charge in [-0.05, 0) is 30.9 Å². The van der Waals surface area contributed by atoms with Crippen molar-refractivity contribution in [1.82, 2.24) is 25.0 Å². The third kappa shape index (κ3) is 2.99. The van der Waals surface area contributed by atoms with Gasteiger partial charge in [-0.2, -0.15) is 5.10 Å². The van der Waals surface area contributed by atoms with E-state index in [2.05, 4.69) is 20.6 Å². The van der Waals surface area contributed by atoms with E-state index in [1.807, 2.05) is 37.4 Å². The topological polar surface area (TPSA) is 85.6 Å². The van der Waals surface area contributed by atoms with Crippen molar-refractivity contribution >= 4 is 44.7 Å². The van der Waals surface area contributed by atoms with Gasteiger partial charge in [0.25, 0.3) is 5.91 Å². The Hall–Kier alpha value is -2.65. The van der Waals surface area contributed by atoms with Gasteiger partial charge < -0.3 is 0 Å². The minimum absolute atomic E-state index is 0.232. The van der Waals surface area contributed by atoms with Gasteiger partial charge in [-0.25, -0.2) is 9.67 Å². The van der Waals surface area contributed by atoms with Crippen LogP contribution in [-0.4, -0.2) is 30.9 Å². The summed E-state index contributed by atoms with van der Waals surface area (Å²) >= 11 is 2.97. The molecular weight excluding hydrogens is 368 g/mol. The largest absolute Gasteiger partial charge is 0.296 e. The first-order valence-corrected chi connectivity index (χ1v) is 9.93. The molecule has 0 aliphatic heterocycles. The fourth-order valence-corrected chi connectivity index (χ4v) is 3.99. The molecule has 9 heteroatoms. The molecule has 0 spiro atoms. The van der Waals surface area contributed by atoms with Gasteiger partial charge >= 0.3 is 0 Å². The third-order valence-electron chi connectivity index (χ3n) is 3.92. The number of nitrogens with zero attached hydrogens (tertiary/aromatic N) is 5. The minimum Gasteiger partial charge on any atom is -0.296 e. The summed E-state index contributed by atoms with van der Waals surface area (Å²) in [5.41, 5.74) is 2.00. The van der Waals surface area contributed by atoms with E-state index in [0.29, 0.717) is 22.9 Å². The van der Waals surface area contributed by atoms with Crippen LogP contribution >= 0.6 is 22.7 Å². The molecule has 0 saturated carbocycles. The molecular formula is C17H16N6OS2. The Morgan fingerprint density at radius 2 is 2.19 bits per heavy atom. The molecule has 0 aliphatic rings. The van der Waals surface area contributed by atoms with Gasteiger partial charge in [0.1, 0.15) is 5.01 Å². The molecule has 4 rings (SSSR count). The number of fused-ring (bicyclic) bond motifs is 1. The Kier molecular flexibility index (Phi) is 4.48. The Bertz CT molecular complexity index is 1070. The normalized spacial score (nSPS) is 11.2. The van der Waals surface area contributed by atoms with E-state index < -0.39 is 0 Å². The van der Waals surface area contributed by atoms with E-state index in [-0.39, 0.29) is 5.91 Å². The average molecular weight is 384 g/mol. The second-order valence-electron chi connectivity index (χ2n) is 5.54. The lowest BCUT2D eigenvalue weighted by atomic mass is 10.1. The predicted molar refractivity (Wildman–Crippen MR) is 104 cm³/mol. The van der Waals surface area contributed by atoms with Crippen molar-refractivity contribution in [2.75, 3.05) is 5.32 Å².